The summed E-state index contributed by atoms with van der Waals surface area (Å²) in [6.45, 7) is 4.58. The summed E-state index contributed by atoms with van der Waals surface area (Å²) >= 11 is 0. The van der Waals surface area contributed by atoms with Crippen LogP contribution in [0.5, 0.6) is 0 Å². The molecular formula is C19H29ClN4O2. The van der Waals surface area contributed by atoms with Gasteiger partial charge in [0.25, 0.3) is 0 Å². The number of nitrogens with one attached hydrogen (secondary N) is 2. The van der Waals surface area contributed by atoms with E-state index in [2.05, 4.69) is 22.5 Å². The number of anilines is 2. The molecule has 0 aliphatic carbocycles. The summed E-state index contributed by atoms with van der Waals surface area (Å²) in [5.41, 5.74) is 7.31. The first kappa shape index (κ1) is 20.5. The summed E-state index contributed by atoms with van der Waals surface area (Å²) in [4.78, 5) is 26.3. The van der Waals surface area contributed by atoms with E-state index in [1.54, 1.807) is 0 Å². The predicted octanol–water partition coefficient (Wildman–Crippen LogP) is 2.14. The highest BCUT2D eigenvalue weighted by atomic mass is 35.5. The number of nitrogens with zero attached hydrogens (tertiary/aromatic N) is 1. The number of hydrogen-bond acceptors (Lipinski definition) is 4. The lowest BCUT2D eigenvalue weighted by Crippen LogP contribution is -2.41. The maximum absolute atomic E-state index is 12.7. The van der Waals surface area contributed by atoms with E-state index in [0.29, 0.717) is 6.04 Å². The molecule has 0 spiro atoms. The van der Waals surface area contributed by atoms with Crippen molar-refractivity contribution in [3.8, 4) is 0 Å². The molecule has 4 N–H and O–H groups in total. The van der Waals surface area contributed by atoms with Gasteiger partial charge in [0, 0.05) is 31.0 Å². The van der Waals surface area contributed by atoms with Crippen molar-refractivity contribution in [2.45, 2.75) is 38.6 Å². The molecule has 0 unspecified atom stereocenters. The van der Waals surface area contributed by atoms with Crippen LogP contribution in [0.2, 0.25) is 0 Å². The molecule has 26 heavy (non-hydrogen) atoms. The normalized spacial score (nSPS) is 23.8. The van der Waals surface area contributed by atoms with Gasteiger partial charge < -0.3 is 21.3 Å². The van der Waals surface area contributed by atoms with Crippen molar-refractivity contribution in [2.75, 3.05) is 29.9 Å². The second kappa shape index (κ2) is 9.24. The van der Waals surface area contributed by atoms with Gasteiger partial charge in [-0.05, 0) is 51.3 Å². The summed E-state index contributed by atoms with van der Waals surface area (Å²) < 4.78 is 0. The largest absolute Gasteiger partial charge is 0.370 e. The van der Waals surface area contributed by atoms with Crippen LogP contribution < -0.4 is 21.3 Å². The topological polar surface area (TPSA) is 87.5 Å². The number of rotatable bonds is 4. The Bertz CT molecular complexity index is 632. The summed E-state index contributed by atoms with van der Waals surface area (Å²) in [5.74, 6) is -0.0757. The fraction of sp³-hybridized carbons (Fsp3) is 0.579. The Morgan fingerprint density at radius 2 is 1.85 bits per heavy atom. The van der Waals surface area contributed by atoms with Gasteiger partial charge in [0.1, 0.15) is 0 Å². The average Bonchev–Trinajstić information content (AvgIpc) is 2.62. The van der Waals surface area contributed by atoms with Gasteiger partial charge in [0.2, 0.25) is 11.8 Å². The monoisotopic (exact) mass is 380 g/mol. The molecule has 0 saturated carbocycles. The van der Waals surface area contributed by atoms with Crippen LogP contribution in [0, 0.1) is 11.8 Å². The molecule has 2 aliphatic heterocycles. The lowest BCUT2D eigenvalue weighted by molar-refractivity contribution is -0.122. The fourth-order valence-electron chi connectivity index (χ4n) is 3.86. The third-order valence-corrected chi connectivity index (χ3v) is 5.39. The summed E-state index contributed by atoms with van der Waals surface area (Å²) in [6.07, 6.45) is 3.28. The molecule has 1 aromatic carbocycles. The lowest BCUT2D eigenvalue weighted by atomic mass is 9.92. The van der Waals surface area contributed by atoms with E-state index in [9.17, 15) is 9.59 Å². The van der Waals surface area contributed by atoms with Gasteiger partial charge in [-0.15, -0.1) is 12.4 Å². The third-order valence-electron chi connectivity index (χ3n) is 5.39. The van der Waals surface area contributed by atoms with Crippen LogP contribution in [-0.2, 0) is 9.59 Å². The number of nitrogens with two attached hydrogens (primary N) is 1. The zero-order valence-electron chi connectivity index (χ0n) is 15.2. The quantitative estimate of drug-likeness (QED) is 0.746. The van der Waals surface area contributed by atoms with Crippen LogP contribution in [0.15, 0.2) is 24.3 Å². The SMILES string of the molecule is C[C@H]1C[C@@H](C(=O)Nc2ccccc2N2CCC(C(N)=O)CC2)CCN1.Cl. The van der Waals surface area contributed by atoms with Gasteiger partial charge in [0.05, 0.1) is 11.4 Å². The Balaban J connectivity index is 0.00000243. The van der Waals surface area contributed by atoms with Crippen molar-refractivity contribution >= 4 is 35.6 Å². The van der Waals surface area contributed by atoms with Crippen molar-refractivity contribution in [3.63, 3.8) is 0 Å². The number of benzene rings is 1. The second-order valence-corrected chi connectivity index (χ2v) is 7.25. The molecule has 2 amide bonds. The van der Waals surface area contributed by atoms with Gasteiger partial charge in [-0.2, -0.15) is 0 Å². The van der Waals surface area contributed by atoms with E-state index in [0.717, 1.165) is 56.7 Å². The first-order chi connectivity index (χ1) is 12.0. The zero-order chi connectivity index (χ0) is 17.8. The van der Waals surface area contributed by atoms with E-state index in [1.807, 2.05) is 24.3 Å². The van der Waals surface area contributed by atoms with E-state index < -0.39 is 0 Å². The molecule has 2 fully saturated rings. The van der Waals surface area contributed by atoms with Crippen molar-refractivity contribution in [1.29, 1.82) is 0 Å². The first-order valence-corrected chi connectivity index (χ1v) is 9.22. The van der Waals surface area contributed by atoms with Crippen LogP contribution in [0.25, 0.3) is 0 Å². The number of carbonyl (C=O) groups is 2. The minimum atomic E-state index is -0.207. The fourth-order valence-corrected chi connectivity index (χ4v) is 3.86. The molecule has 7 heteroatoms. The number of carbonyl (C=O) groups excluding carboxylic acids is 2. The number of para-hydroxylation sites is 2. The minimum absolute atomic E-state index is 0. The summed E-state index contributed by atoms with van der Waals surface area (Å²) in [7, 11) is 0. The number of amides is 2. The zero-order valence-corrected chi connectivity index (χ0v) is 16.1. The lowest BCUT2D eigenvalue weighted by Gasteiger charge is -2.34. The Morgan fingerprint density at radius 1 is 1.15 bits per heavy atom. The molecule has 6 nitrogen and oxygen atoms in total. The molecule has 2 heterocycles. The van der Waals surface area contributed by atoms with Gasteiger partial charge in [-0.3, -0.25) is 9.59 Å². The third kappa shape index (κ3) is 4.89. The molecule has 0 bridgehead atoms. The molecule has 144 valence electrons. The Labute approximate surface area is 161 Å². The van der Waals surface area contributed by atoms with E-state index in [-0.39, 0.29) is 36.1 Å². The second-order valence-electron chi connectivity index (χ2n) is 7.25. The van der Waals surface area contributed by atoms with E-state index in [1.165, 1.54) is 0 Å². The Morgan fingerprint density at radius 3 is 2.50 bits per heavy atom. The predicted molar refractivity (Wildman–Crippen MR) is 107 cm³/mol. The van der Waals surface area contributed by atoms with Gasteiger partial charge in [-0.25, -0.2) is 0 Å². The number of halogens is 1. The molecule has 3 rings (SSSR count). The van der Waals surface area contributed by atoms with Crippen molar-refractivity contribution < 1.29 is 9.59 Å². The highest BCUT2D eigenvalue weighted by molar-refractivity contribution is 5.96. The van der Waals surface area contributed by atoms with Crippen molar-refractivity contribution in [2.24, 2.45) is 17.6 Å². The van der Waals surface area contributed by atoms with Crippen LogP contribution in [-0.4, -0.2) is 37.5 Å². The maximum atomic E-state index is 12.7. The molecule has 2 saturated heterocycles. The van der Waals surface area contributed by atoms with Crippen LogP contribution in [0.3, 0.4) is 0 Å². The smallest absolute Gasteiger partial charge is 0.227 e. The van der Waals surface area contributed by atoms with E-state index >= 15 is 0 Å². The molecular weight excluding hydrogens is 352 g/mol. The highest BCUT2D eigenvalue weighted by Crippen LogP contribution is 2.30. The molecule has 2 atom stereocenters. The van der Waals surface area contributed by atoms with Gasteiger partial charge in [-0.1, -0.05) is 12.1 Å². The average molecular weight is 381 g/mol. The first-order valence-electron chi connectivity index (χ1n) is 9.22. The number of primary amides is 1. The minimum Gasteiger partial charge on any atom is -0.370 e. The van der Waals surface area contributed by atoms with Crippen LogP contribution in [0.1, 0.15) is 32.6 Å². The molecule has 0 aromatic heterocycles. The number of hydrogen-bond donors (Lipinski definition) is 3. The highest BCUT2D eigenvalue weighted by Gasteiger charge is 2.27. The summed E-state index contributed by atoms with van der Waals surface area (Å²) in [5, 5.41) is 6.51. The standard InChI is InChI=1S/C19H28N4O2.ClH/c1-13-12-15(6-9-21-13)19(25)22-16-4-2-3-5-17(16)23-10-7-14(8-11-23)18(20)24;/h2-5,13-15,21H,6-12H2,1H3,(H2,20,24)(H,22,25);1H/t13-,15-;/m0./s1. The molecule has 2 aliphatic rings. The van der Waals surface area contributed by atoms with Gasteiger partial charge in [0.15, 0.2) is 0 Å². The maximum Gasteiger partial charge on any atom is 0.227 e. The summed E-state index contributed by atoms with van der Waals surface area (Å²) in [6, 6.07) is 8.30. The van der Waals surface area contributed by atoms with Crippen LogP contribution >= 0.6 is 12.4 Å². The van der Waals surface area contributed by atoms with Crippen LogP contribution in [0.4, 0.5) is 11.4 Å². The van der Waals surface area contributed by atoms with Gasteiger partial charge >= 0.3 is 0 Å². The van der Waals surface area contributed by atoms with E-state index in [4.69, 9.17) is 5.73 Å². The number of piperidine rings is 2. The molecule has 1 aromatic rings. The van der Waals surface area contributed by atoms with Crippen molar-refractivity contribution in [1.82, 2.24) is 5.32 Å². The van der Waals surface area contributed by atoms with Crippen molar-refractivity contribution in [3.05, 3.63) is 24.3 Å². The molecule has 0 radical (unpaired) electrons. The Hall–Kier alpha value is -1.79. The Kier molecular flexibility index (Phi) is 7.29.